The summed E-state index contributed by atoms with van der Waals surface area (Å²) in [5.41, 5.74) is 6.47. The van der Waals surface area contributed by atoms with E-state index in [1.165, 1.54) is 92.5 Å². The van der Waals surface area contributed by atoms with Gasteiger partial charge in [0.25, 0.3) is 0 Å². The minimum absolute atomic E-state index is 0.205. The largest absolute Gasteiger partial charge is 0.488 e. The Bertz CT molecular complexity index is 1110. The molecule has 0 unspecified atom stereocenters. The molecule has 2 saturated heterocycles. The van der Waals surface area contributed by atoms with Gasteiger partial charge in [-0.2, -0.15) is 0 Å². The number of rotatable bonds is 10. The molecule has 0 amide bonds. The van der Waals surface area contributed by atoms with Gasteiger partial charge < -0.3 is 4.74 Å². The maximum Gasteiger partial charge on any atom is 0.124 e. The molecule has 0 bridgehead atoms. The van der Waals surface area contributed by atoms with E-state index in [0.717, 1.165) is 25.3 Å². The SMILES string of the molecule is CCC(=C(c1ccccc1)c1ccc(OC(CN2CCCCC2)CN2CCCCC2)cc1)c1ccccc1. The fourth-order valence-corrected chi connectivity index (χ4v) is 6.17. The number of likely N-dealkylation sites (tertiary alicyclic amines) is 2. The van der Waals surface area contributed by atoms with Crippen LogP contribution in [0.1, 0.15) is 68.6 Å². The third-order valence-corrected chi connectivity index (χ3v) is 8.11. The van der Waals surface area contributed by atoms with Crippen molar-refractivity contribution in [3.8, 4) is 5.75 Å². The molecule has 0 radical (unpaired) electrons. The van der Waals surface area contributed by atoms with Crippen LogP contribution in [-0.2, 0) is 0 Å². The zero-order valence-electron chi connectivity index (χ0n) is 23.2. The van der Waals surface area contributed by atoms with Crippen molar-refractivity contribution in [3.63, 3.8) is 0 Å². The van der Waals surface area contributed by atoms with Gasteiger partial charge in [0.2, 0.25) is 0 Å². The predicted molar refractivity (Wildman–Crippen MR) is 161 cm³/mol. The van der Waals surface area contributed by atoms with Crippen LogP contribution in [0.25, 0.3) is 11.1 Å². The average Bonchev–Trinajstić information content (AvgIpc) is 2.98. The van der Waals surface area contributed by atoms with Crippen LogP contribution in [0.2, 0.25) is 0 Å². The lowest BCUT2D eigenvalue weighted by Crippen LogP contribution is -2.46. The smallest absolute Gasteiger partial charge is 0.124 e. The number of benzene rings is 3. The van der Waals surface area contributed by atoms with Gasteiger partial charge in [-0.25, -0.2) is 0 Å². The van der Waals surface area contributed by atoms with E-state index in [1.807, 2.05) is 0 Å². The second kappa shape index (κ2) is 13.8. The highest BCUT2D eigenvalue weighted by atomic mass is 16.5. The normalized spacial score (nSPS) is 17.8. The summed E-state index contributed by atoms with van der Waals surface area (Å²) < 4.78 is 6.73. The maximum absolute atomic E-state index is 6.73. The molecule has 0 spiro atoms. The molecule has 0 atom stereocenters. The molecule has 0 N–H and O–H groups in total. The summed E-state index contributed by atoms with van der Waals surface area (Å²) in [5.74, 6) is 0.984. The van der Waals surface area contributed by atoms with Crippen molar-refractivity contribution in [3.05, 3.63) is 102 Å². The Balaban J connectivity index is 1.39. The third-order valence-electron chi connectivity index (χ3n) is 8.11. The summed E-state index contributed by atoms with van der Waals surface area (Å²) in [6.07, 6.45) is 9.20. The minimum Gasteiger partial charge on any atom is -0.488 e. The molecule has 38 heavy (non-hydrogen) atoms. The molecule has 2 heterocycles. The molecule has 2 fully saturated rings. The summed E-state index contributed by atoms with van der Waals surface area (Å²) in [7, 11) is 0. The molecule has 3 aromatic rings. The minimum atomic E-state index is 0.205. The second-order valence-corrected chi connectivity index (χ2v) is 10.9. The van der Waals surface area contributed by atoms with Crippen LogP contribution in [0.4, 0.5) is 0 Å². The zero-order valence-corrected chi connectivity index (χ0v) is 23.2. The van der Waals surface area contributed by atoms with Crippen molar-refractivity contribution in [2.45, 2.75) is 58.0 Å². The third kappa shape index (κ3) is 7.15. The topological polar surface area (TPSA) is 15.7 Å². The Kier molecular flexibility index (Phi) is 9.69. The van der Waals surface area contributed by atoms with Crippen molar-refractivity contribution in [1.82, 2.24) is 9.80 Å². The predicted octanol–water partition coefficient (Wildman–Crippen LogP) is 7.77. The average molecular weight is 509 g/mol. The molecule has 2 aliphatic rings. The Hall–Kier alpha value is -2.88. The van der Waals surface area contributed by atoms with E-state index in [9.17, 15) is 0 Å². The van der Waals surface area contributed by atoms with Crippen LogP contribution in [0.15, 0.2) is 84.9 Å². The Morgan fingerprint density at radius 1 is 0.605 bits per heavy atom. The van der Waals surface area contributed by atoms with Crippen molar-refractivity contribution in [1.29, 1.82) is 0 Å². The van der Waals surface area contributed by atoms with Gasteiger partial charge in [0.1, 0.15) is 11.9 Å². The number of allylic oxidation sites excluding steroid dienone is 1. The quantitative estimate of drug-likeness (QED) is 0.260. The van der Waals surface area contributed by atoms with Crippen LogP contribution < -0.4 is 4.74 Å². The Labute approximate surface area is 230 Å². The van der Waals surface area contributed by atoms with E-state index < -0.39 is 0 Å². The summed E-state index contributed by atoms with van der Waals surface area (Å²) in [5, 5.41) is 0. The van der Waals surface area contributed by atoms with E-state index >= 15 is 0 Å². The monoisotopic (exact) mass is 508 g/mol. The maximum atomic E-state index is 6.73. The summed E-state index contributed by atoms with van der Waals surface area (Å²) >= 11 is 0. The molecule has 3 aromatic carbocycles. The first-order chi connectivity index (χ1) is 18.8. The van der Waals surface area contributed by atoms with Gasteiger partial charge >= 0.3 is 0 Å². The molecule has 2 aliphatic heterocycles. The van der Waals surface area contributed by atoms with Crippen LogP contribution in [-0.4, -0.2) is 55.2 Å². The van der Waals surface area contributed by atoms with Crippen molar-refractivity contribution >= 4 is 11.1 Å². The first-order valence-corrected chi connectivity index (χ1v) is 14.9. The molecule has 200 valence electrons. The molecule has 0 saturated carbocycles. The molecule has 0 aromatic heterocycles. The van der Waals surface area contributed by atoms with E-state index in [2.05, 4.69) is 102 Å². The fourth-order valence-electron chi connectivity index (χ4n) is 6.17. The highest BCUT2D eigenvalue weighted by Gasteiger charge is 2.22. The van der Waals surface area contributed by atoms with Crippen molar-refractivity contribution in [2.24, 2.45) is 0 Å². The van der Waals surface area contributed by atoms with E-state index in [0.29, 0.717) is 0 Å². The first kappa shape index (κ1) is 26.7. The molecular formula is C35H44N2O. The number of hydrogen-bond acceptors (Lipinski definition) is 3. The molecule has 3 heteroatoms. The van der Waals surface area contributed by atoms with Crippen LogP contribution in [0.3, 0.4) is 0 Å². The lowest BCUT2D eigenvalue weighted by molar-refractivity contribution is 0.0766. The van der Waals surface area contributed by atoms with E-state index in [1.54, 1.807) is 0 Å². The van der Waals surface area contributed by atoms with Gasteiger partial charge in [0.15, 0.2) is 0 Å². The molecule has 0 aliphatic carbocycles. The van der Waals surface area contributed by atoms with Gasteiger partial charge in [-0.15, -0.1) is 0 Å². The molecule has 5 rings (SSSR count). The van der Waals surface area contributed by atoms with Gasteiger partial charge in [0, 0.05) is 13.1 Å². The van der Waals surface area contributed by atoms with Crippen molar-refractivity contribution in [2.75, 3.05) is 39.3 Å². The highest BCUT2D eigenvalue weighted by molar-refractivity contribution is 5.98. The fraction of sp³-hybridized carbons (Fsp3) is 0.429. The number of hydrogen-bond donors (Lipinski definition) is 0. The first-order valence-electron chi connectivity index (χ1n) is 14.9. The zero-order chi connectivity index (χ0) is 26.0. The number of piperidine rings is 2. The van der Waals surface area contributed by atoms with Gasteiger partial charge in [-0.1, -0.05) is 92.6 Å². The summed E-state index contributed by atoms with van der Waals surface area (Å²) in [6, 6.07) is 30.5. The highest BCUT2D eigenvalue weighted by Crippen LogP contribution is 2.35. The van der Waals surface area contributed by atoms with Crippen LogP contribution in [0, 0.1) is 0 Å². The Morgan fingerprint density at radius 3 is 1.58 bits per heavy atom. The van der Waals surface area contributed by atoms with Crippen molar-refractivity contribution < 1.29 is 4.74 Å². The standard InChI is InChI=1S/C35H44N2O/c1-2-34(29-15-7-3-8-16-29)35(30-17-9-4-10-18-30)31-19-21-32(22-20-31)38-33(27-36-23-11-5-12-24-36)28-37-25-13-6-14-26-37/h3-4,7-10,15-22,33H,2,5-6,11-14,23-28H2,1H3. The van der Waals surface area contributed by atoms with Gasteiger partial charge in [-0.05, 0) is 98.3 Å². The summed E-state index contributed by atoms with van der Waals surface area (Å²) in [4.78, 5) is 5.24. The lowest BCUT2D eigenvalue weighted by atomic mass is 9.88. The molecule has 3 nitrogen and oxygen atoms in total. The molecular weight excluding hydrogens is 464 g/mol. The second-order valence-electron chi connectivity index (χ2n) is 10.9. The van der Waals surface area contributed by atoms with Crippen LogP contribution >= 0.6 is 0 Å². The van der Waals surface area contributed by atoms with E-state index in [-0.39, 0.29) is 6.10 Å². The summed E-state index contributed by atoms with van der Waals surface area (Å²) in [6.45, 7) is 9.16. The van der Waals surface area contributed by atoms with E-state index in [4.69, 9.17) is 4.74 Å². The van der Waals surface area contributed by atoms with Gasteiger partial charge in [-0.3, -0.25) is 9.80 Å². The van der Waals surface area contributed by atoms with Gasteiger partial charge in [0.05, 0.1) is 0 Å². The Morgan fingerprint density at radius 2 is 1.08 bits per heavy atom. The van der Waals surface area contributed by atoms with Crippen LogP contribution in [0.5, 0.6) is 5.75 Å². The lowest BCUT2D eigenvalue weighted by Gasteiger charge is -2.34. The number of nitrogens with zero attached hydrogens (tertiary/aromatic N) is 2. The number of ether oxygens (including phenoxy) is 1.